The van der Waals surface area contributed by atoms with Gasteiger partial charge in [-0.3, -0.25) is 4.79 Å². The lowest BCUT2D eigenvalue weighted by molar-refractivity contribution is 0.0740. The summed E-state index contributed by atoms with van der Waals surface area (Å²) in [5.41, 5.74) is 0.862. The first-order valence-electron chi connectivity index (χ1n) is 5.12. The summed E-state index contributed by atoms with van der Waals surface area (Å²) < 4.78 is 0. The zero-order valence-electron chi connectivity index (χ0n) is 9.45. The zero-order valence-corrected chi connectivity index (χ0v) is 11.1. The van der Waals surface area contributed by atoms with Crippen LogP contribution in [0.25, 0.3) is 0 Å². The zero-order chi connectivity index (χ0) is 10.8. The monoisotopic (exact) mass is 261 g/mol. The number of nitrogens with zero attached hydrogens (tertiary/aromatic N) is 2. The van der Waals surface area contributed by atoms with E-state index in [1.54, 1.807) is 0 Å². The molecule has 1 aromatic heterocycles. The number of aromatic nitrogens is 1. The molecule has 0 unspecified atom stereocenters. The van der Waals surface area contributed by atoms with Crippen molar-refractivity contribution in [3.8, 4) is 0 Å². The van der Waals surface area contributed by atoms with Gasteiger partial charge < -0.3 is 10.2 Å². The van der Waals surface area contributed by atoms with Gasteiger partial charge in [-0.15, -0.1) is 23.7 Å². The molecule has 4 nitrogen and oxygen atoms in total. The van der Waals surface area contributed by atoms with Crippen LogP contribution >= 0.6 is 23.7 Å². The van der Waals surface area contributed by atoms with Crippen LogP contribution in [-0.2, 0) is 0 Å². The van der Waals surface area contributed by atoms with E-state index in [-0.39, 0.29) is 18.3 Å². The van der Waals surface area contributed by atoms with Crippen LogP contribution in [-0.4, -0.2) is 42.0 Å². The number of rotatable bonds is 1. The summed E-state index contributed by atoms with van der Waals surface area (Å²) >= 11 is 1.49. The average Bonchev–Trinajstić information content (AvgIpc) is 2.58. The van der Waals surface area contributed by atoms with Gasteiger partial charge in [0, 0.05) is 26.2 Å². The van der Waals surface area contributed by atoms with Crippen molar-refractivity contribution in [2.45, 2.75) is 13.8 Å². The van der Waals surface area contributed by atoms with Crippen LogP contribution in [0.3, 0.4) is 0 Å². The smallest absolute Gasteiger partial charge is 0.265 e. The molecule has 0 atom stereocenters. The minimum Gasteiger partial charge on any atom is -0.335 e. The molecule has 1 aromatic rings. The second kappa shape index (κ2) is 5.61. The molecular formula is C10H16ClN3OS. The van der Waals surface area contributed by atoms with Gasteiger partial charge in [0.05, 0.1) is 10.7 Å². The SMILES string of the molecule is Cc1nc(C)c(C(=O)N2CCNCC2)s1.Cl. The van der Waals surface area contributed by atoms with Gasteiger partial charge in [0.15, 0.2) is 0 Å². The number of hydrogen-bond acceptors (Lipinski definition) is 4. The van der Waals surface area contributed by atoms with Crippen LogP contribution in [0.15, 0.2) is 0 Å². The summed E-state index contributed by atoms with van der Waals surface area (Å²) in [5, 5.41) is 4.20. The number of carbonyl (C=O) groups excluding carboxylic acids is 1. The molecule has 2 rings (SSSR count). The molecule has 6 heteroatoms. The van der Waals surface area contributed by atoms with Crippen molar-refractivity contribution in [1.29, 1.82) is 0 Å². The largest absolute Gasteiger partial charge is 0.335 e. The number of amides is 1. The highest BCUT2D eigenvalue weighted by Crippen LogP contribution is 2.19. The molecule has 16 heavy (non-hydrogen) atoms. The van der Waals surface area contributed by atoms with E-state index in [1.807, 2.05) is 18.7 Å². The van der Waals surface area contributed by atoms with Crippen molar-refractivity contribution >= 4 is 29.7 Å². The molecule has 0 spiro atoms. The first kappa shape index (κ1) is 13.4. The van der Waals surface area contributed by atoms with Crippen molar-refractivity contribution in [2.75, 3.05) is 26.2 Å². The summed E-state index contributed by atoms with van der Waals surface area (Å²) in [6.07, 6.45) is 0. The Morgan fingerprint density at radius 3 is 2.50 bits per heavy atom. The Kier molecular flexibility index (Phi) is 4.70. The molecule has 0 radical (unpaired) electrons. The van der Waals surface area contributed by atoms with E-state index < -0.39 is 0 Å². The molecule has 1 amide bonds. The van der Waals surface area contributed by atoms with E-state index in [0.717, 1.165) is 41.8 Å². The molecule has 1 aliphatic heterocycles. The number of aryl methyl sites for hydroxylation is 2. The van der Waals surface area contributed by atoms with Crippen molar-refractivity contribution in [3.63, 3.8) is 0 Å². The molecule has 0 aromatic carbocycles. The summed E-state index contributed by atoms with van der Waals surface area (Å²) in [5.74, 6) is 0.139. The summed E-state index contributed by atoms with van der Waals surface area (Å²) in [4.78, 5) is 19.1. The maximum Gasteiger partial charge on any atom is 0.265 e. The number of hydrogen-bond donors (Lipinski definition) is 1. The molecule has 2 heterocycles. The third-order valence-electron chi connectivity index (χ3n) is 2.50. The fourth-order valence-electron chi connectivity index (χ4n) is 1.74. The minimum atomic E-state index is 0. The third-order valence-corrected chi connectivity index (χ3v) is 3.56. The average molecular weight is 262 g/mol. The molecule has 1 fully saturated rings. The van der Waals surface area contributed by atoms with Crippen LogP contribution in [0.1, 0.15) is 20.4 Å². The standard InChI is InChI=1S/C10H15N3OS.ClH/c1-7-9(15-8(2)12-7)10(14)13-5-3-11-4-6-13;/h11H,3-6H2,1-2H3;1H. The van der Waals surface area contributed by atoms with E-state index in [2.05, 4.69) is 10.3 Å². The van der Waals surface area contributed by atoms with Crippen molar-refractivity contribution in [2.24, 2.45) is 0 Å². The lowest BCUT2D eigenvalue weighted by Gasteiger charge is -2.26. The Morgan fingerprint density at radius 2 is 2.00 bits per heavy atom. The van der Waals surface area contributed by atoms with Gasteiger partial charge in [-0.2, -0.15) is 0 Å². The second-order valence-electron chi connectivity index (χ2n) is 3.69. The first-order valence-corrected chi connectivity index (χ1v) is 5.94. The number of nitrogens with one attached hydrogen (secondary N) is 1. The van der Waals surface area contributed by atoms with Crippen LogP contribution in [0.2, 0.25) is 0 Å². The lowest BCUT2D eigenvalue weighted by Crippen LogP contribution is -2.46. The van der Waals surface area contributed by atoms with Gasteiger partial charge in [0.25, 0.3) is 5.91 Å². The highest BCUT2D eigenvalue weighted by atomic mass is 35.5. The molecular weight excluding hydrogens is 246 g/mol. The first-order chi connectivity index (χ1) is 7.18. The van der Waals surface area contributed by atoms with Crippen LogP contribution in [0.4, 0.5) is 0 Å². The topological polar surface area (TPSA) is 45.2 Å². The van der Waals surface area contributed by atoms with Crippen molar-refractivity contribution in [3.05, 3.63) is 15.6 Å². The van der Waals surface area contributed by atoms with Crippen molar-refractivity contribution < 1.29 is 4.79 Å². The summed E-state index contributed by atoms with van der Waals surface area (Å²) in [7, 11) is 0. The molecule has 0 aliphatic carbocycles. The van der Waals surface area contributed by atoms with Crippen molar-refractivity contribution in [1.82, 2.24) is 15.2 Å². The van der Waals surface area contributed by atoms with E-state index in [4.69, 9.17) is 0 Å². The molecule has 1 saturated heterocycles. The molecule has 1 N–H and O–H groups in total. The van der Waals surface area contributed by atoms with Gasteiger partial charge >= 0.3 is 0 Å². The number of carbonyl (C=O) groups is 1. The number of piperazine rings is 1. The molecule has 0 bridgehead atoms. The van der Waals surface area contributed by atoms with Gasteiger partial charge in [-0.25, -0.2) is 4.98 Å². The van der Waals surface area contributed by atoms with Crippen LogP contribution < -0.4 is 5.32 Å². The maximum absolute atomic E-state index is 12.1. The Balaban J connectivity index is 0.00000128. The van der Waals surface area contributed by atoms with Crippen LogP contribution in [0, 0.1) is 13.8 Å². The highest BCUT2D eigenvalue weighted by molar-refractivity contribution is 7.13. The van der Waals surface area contributed by atoms with Gasteiger partial charge in [0.2, 0.25) is 0 Å². The predicted octanol–water partition coefficient (Wildman–Crippen LogP) is 1.23. The van der Waals surface area contributed by atoms with Gasteiger partial charge in [0.1, 0.15) is 4.88 Å². The Labute approximate surface area is 105 Å². The third kappa shape index (κ3) is 2.72. The molecule has 90 valence electrons. The van der Waals surface area contributed by atoms with E-state index in [9.17, 15) is 4.79 Å². The quantitative estimate of drug-likeness (QED) is 0.827. The summed E-state index contributed by atoms with van der Waals surface area (Å²) in [6.45, 7) is 7.22. The van der Waals surface area contributed by atoms with E-state index >= 15 is 0 Å². The van der Waals surface area contributed by atoms with Crippen LogP contribution in [0.5, 0.6) is 0 Å². The Morgan fingerprint density at radius 1 is 1.38 bits per heavy atom. The normalized spacial score (nSPS) is 15.8. The minimum absolute atomic E-state index is 0. The van der Waals surface area contributed by atoms with E-state index in [0.29, 0.717) is 0 Å². The maximum atomic E-state index is 12.1. The molecule has 1 aliphatic rings. The predicted molar refractivity (Wildman–Crippen MR) is 67.6 cm³/mol. The summed E-state index contributed by atoms with van der Waals surface area (Å²) in [6, 6.07) is 0. The van der Waals surface area contributed by atoms with Gasteiger partial charge in [-0.1, -0.05) is 0 Å². The molecule has 0 saturated carbocycles. The second-order valence-corrected chi connectivity index (χ2v) is 4.89. The number of halogens is 1. The Hall–Kier alpha value is -0.650. The lowest BCUT2D eigenvalue weighted by atomic mass is 10.3. The fourth-order valence-corrected chi connectivity index (χ4v) is 2.63. The van der Waals surface area contributed by atoms with Gasteiger partial charge in [-0.05, 0) is 13.8 Å². The van der Waals surface area contributed by atoms with E-state index in [1.165, 1.54) is 11.3 Å². The highest BCUT2D eigenvalue weighted by Gasteiger charge is 2.21. The number of thiazole rings is 1. The fraction of sp³-hybridized carbons (Fsp3) is 0.600. The Bertz CT molecular complexity index is 374.